The molecule has 0 atom stereocenters. The maximum atomic E-state index is 2.46. The molecular formula is C71H46. The first kappa shape index (κ1) is 40.1. The molecule has 0 nitrogen and oxygen atoms in total. The molecule has 0 aromatic heterocycles. The standard InChI is InChI=1S/C71H46/c1-71(2)67-41-49(47-25-19-43-21-27-51(37-55(43)35-47)65-39-53-29-23-45-11-3-5-13-57(45)69(53)63-17-9-7-15-59(63)65)31-33-61(67)62-34-32-50(42-68(62)71)48-26-20-44-22-28-52(38-56(44)36-48)66-40-54-30-24-46-12-4-6-14-58(46)70(54)64-18-10-8-16-60(64)66/h3-42H,1-2H3. The van der Waals surface area contributed by atoms with Gasteiger partial charge < -0.3 is 0 Å². The molecule has 0 unspecified atom stereocenters. The van der Waals surface area contributed by atoms with Crippen LogP contribution in [0.2, 0.25) is 0 Å². The van der Waals surface area contributed by atoms with E-state index < -0.39 is 0 Å². The fraction of sp³-hybridized carbons (Fsp3) is 0.0423. The van der Waals surface area contributed by atoms with E-state index in [1.165, 1.54) is 153 Å². The number of benzene rings is 14. The van der Waals surface area contributed by atoms with Gasteiger partial charge in [0.15, 0.2) is 0 Å². The lowest BCUT2D eigenvalue weighted by Crippen LogP contribution is -2.15. The number of rotatable bonds is 4. The zero-order valence-corrected chi connectivity index (χ0v) is 39.6. The minimum atomic E-state index is -0.171. The molecule has 0 radical (unpaired) electrons. The Balaban J connectivity index is 0.771. The van der Waals surface area contributed by atoms with Crippen molar-refractivity contribution >= 4 is 86.2 Å². The monoisotopic (exact) mass is 898 g/mol. The van der Waals surface area contributed by atoms with Crippen LogP contribution in [0.1, 0.15) is 25.0 Å². The molecule has 0 saturated carbocycles. The van der Waals surface area contributed by atoms with Crippen LogP contribution in [0, 0.1) is 0 Å². The molecule has 0 bridgehead atoms. The van der Waals surface area contributed by atoms with Gasteiger partial charge in [0.25, 0.3) is 0 Å². The van der Waals surface area contributed by atoms with Crippen molar-refractivity contribution in [3.8, 4) is 55.6 Å². The third-order valence-corrected chi connectivity index (χ3v) is 16.1. The molecule has 0 aliphatic heterocycles. The summed E-state index contributed by atoms with van der Waals surface area (Å²) < 4.78 is 0. The van der Waals surface area contributed by atoms with Gasteiger partial charge in [-0.1, -0.05) is 208 Å². The van der Waals surface area contributed by atoms with E-state index in [1.807, 2.05) is 0 Å². The Morgan fingerprint density at radius 1 is 0.211 bits per heavy atom. The third kappa shape index (κ3) is 6.11. The van der Waals surface area contributed by atoms with Gasteiger partial charge in [-0.2, -0.15) is 0 Å². The van der Waals surface area contributed by atoms with Crippen LogP contribution in [0.4, 0.5) is 0 Å². The Kier molecular flexibility index (Phi) is 8.51. The van der Waals surface area contributed by atoms with Gasteiger partial charge in [-0.05, 0) is 201 Å². The topological polar surface area (TPSA) is 0 Å². The highest BCUT2D eigenvalue weighted by Crippen LogP contribution is 2.51. The van der Waals surface area contributed by atoms with E-state index in [9.17, 15) is 0 Å². The Morgan fingerprint density at radius 2 is 0.535 bits per heavy atom. The average Bonchev–Trinajstić information content (AvgIpc) is 3.66. The fourth-order valence-electron chi connectivity index (χ4n) is 12.5. The lowest BCUT2D eigenvalue weighted by atomic mass is 9.80. The highest BCUT2D eigenvalue weighted by molar-refractivity contribution is 6.25. The molecule has 1 aliphatic rings. The van der Waals surface area contributed by atoms with Crippen molar-refractivity contribution in [3.05, 3.63) is 254 Å². The lowest BCUT2D eigenvalue weighted by Gasteiger charge is -2.23. The van der Waals surface area contributed by atoms with Crippen LogP contribution in [-0.4, -0.2) is 0 Å². The van der Waals surface area contributed by atoms with Gasteiger partial charge in [0.1, 0.15) is 0 Å². The molecule has 1 aliphatic carbocycles. The van der Waals surface area contributed by atoms with Crippen LogP contribution in [-0.2, 0) is 5.41 Å². The molecule has 0 N–H and O–H groups in total. The van der Waals surface area contributed by atoms with Crippen molar-refractivity contribution < 1.29 is 0 Å². The number of fused-ring (bicyclic) bond motifs is 15. The summed E-state index contributed by atoms with van der Waals surface area (Å²) in [4.78, 5) is 0. The maximum Gasteiger partial charge on any atom is 0.0159 e. The summed E-state index contributed by atoms with van der Waals surface area (Å²) in [7, 11) is 0. The van der Waals surface area contributed by atoms with Gasteiger partial charge in [0.05, 0.1) is 0 Å². The van der Waals surface area contributed by atoms with Crippen molar-refractivity contribution in [2.75, 3.05) is 0 Å². The first-order valence-electron chi connectivity index (χ1n) is 25.0. The molecular weight excluding hydrogens is 853 g/mol. The Morgan fingerprint density at radius 3 is 0.986 bits per heavy atom. The lowest BCUT2D eigenvalue weighted by molar-refractivity contribution is 0.661. The van der Waals surface area contributed by atoms with Gasteiger partial charge in [-0.3, -0.25) is 0 Å². The van der Waals surface area contributed by atoms with Crippen LogP contribution in [0.25, 0.3) is 142 Å². The van der Waals surface area contributed by atoms with E-state index in [-0.39, 0.29) is 5.41 Å². The van der Waals surface area contributed by atoms with Gasteiger partial charge >= 0.3 is 0 Å². The largest absolute Gasteiger partial charge is 0.0616 e. The smallest absolute Gasteiger partial charge is 0.0159 e. The van der Waals surface area contributed by atoms with Crippen molar-refractivity contribution in [3.63, 3.8) is 0 Å². The van der Waals surface area contributed by atoms with Crippen LogP contribution in [0.15, 0.2) is 243 Å². The Bertz CT molecular complexity index is 4310. The molecule has 14 aromatic carbocycles. The highest BCUT2D eigenvalue weighted by atomic mass is 14.4. The SMILES string of the molecule is CC1(C)c2cc(-c3ccc4ccc(-c5cc6ccc7ccccc7c6c6ccccc56)cc4c3)ccc2-c2ccc(-c3ccc4ccc(-c5cc6ccc7ccccc7c6c6ccccc56)cc4c3)cc21. The van der Waals surface area contributed by atoms with E-state index in [2.05, 4.69) is 257 Å². The summed E-state index contributed by atoms with van der Waals surface area (Å²) in [5.74, 6) is 0. The number of hydrogen-bond donors (Lipinski definition) is 0. The molecule has 0 spiro atoms. The predicted molar refractivity (Wildman–Crippen MR) is 306 cm³/mol. The predicted octanol–water partition coefficient (Wildman–Crippen LogP) is 19.9. The van der Waals surface area contributed by atoms with Gasteiger partial charge in [0.2, 0.25) is 0 Å². The van der Waals surface area contributed by atoms with E-state index in [0.717, 1.165) is 0 Å². The summed E-state index contributed by atoms with van der Waals surface area (Å²) in [6, 6.07) is 91.4. The zero-order valence-electron chi connectivity index (χ0n) is 39.6. The molecule has 0 amide bonds. The normalized spacial score (nSPS) is 13.0. The minimum absolute atomic E-state index is 0.171. The second-order valence-electron chi connectivity index (χ2n) is 20.4. The van der Waals surface area contributed by atoms with E-state index in [1.54, 1.807) is 0 Å². The molecule has 330 valence electrons. The highest BCUT2D eigenvalue weighted by Gasteiger charge is 2.36. The fourth-order valence-corrected chi connectivity index (χ4v) is 12.5. The molecule has 14 aromatic rings. The first-order valence-corrected chi connectivity index (χ1v) is 25.0. The molecule has 0 saturated heterocycles. The van der Waals surface area contributed by atoms with Crippen molar-refractivity contribution in [1.29, 1.82) is 0 Å². The van der Waals surface area contributed by atoms with Crippen LogP contribution in [0.3, 0.4) is 0 Å². The number of hydrogen-bond acceptors (Lipinski definition) is 0. The van der Waals surface area contributed by atoms with E-state index in [0.29, 0.717) is 0 Å². The summed E-state index contributed by atoms with van der Waals surface area (Å²) in [6.45, 7) is 4.80. The quantitative estimate of drug-likeness (QED) is 0.154. The van der Waals surface area contributed by atoms with Crippen LogP contribution >= 0.6 is 0 Å². The van der Waals surface area contributed by atoms with Crippen molar-refractivity contribution in [2.24, 2.45) is 0 Å². The van der Waals surface area contributed by atoms with Gasteiger partial charge in [-0.15, -0.1) is 0 Å². The Labute approximate surface area is 412 Å². The van der Waals surface area contributed by atoms with Gasteiger partial charge in [-0.25, -0.2) is 0 Å². The second-order valence-corrected chi connectivity index (χ2v) is 20.4. The first-order chi connectivity index (χ1) is 34.9. The van der Waals surface area contributed by atoms with E-state index >= 15 is 0 Å². The third-order valence-electron chi connectivity index (χ3n) is 16.1. The molecule has 0 heteroatoms. The molecule has 71 heavy (non-hydrogen) atoms. The second kappa shape index (κ2) is 15.1. The molecule has 0 fully saturated rings. The summed E-state index contributed by atoms with van der Waals surface area (Å²) in [6.07, 6.45) is 0. The van der Waals surface area contributed by atoms with Gasteiger partial charge in [0, 0.05) is 5.41 Å². The Hall–Kier alpha value is -8.84. The van der Waals surface area contributed by atoms with Crippen LogP contribution < -0.4 is 0 Å². The van der Waals surface area contributed by atoms with E-state index in [4.69, 9.17) is 0 Å². The van der Waals surface area contributed by atoms with Crippen molar-refractivity contribution in [2.45, 2.75) is 19.3 Å². The molecule has 0 heterocycles. The summed E-state index contributed by atoms with van der Waals surface area (Å²) >= 11 is 0. The van der Waals surface area contributed by atoms with Crippen LogP contribution in [0.5, 0.6) is 0 Å². The summed E-state index contributed by atoms with van der Waals surface area (Å²) in [5.41, 5.74) is 15.2. The summed E-state index contributed by atoms with van der Waals surface area (Å²) in [5, 5.41) is 20.5. The minimum Gasteiger partial charge on any atom is -0.0616 e. The zero-order chi connectivity index (χ0) is 47.0. The molecule has 15 rings (SSSR count). The maximum absolute atomic E-state index is 2.46. The van der Waals surface area contributed by atoms with Crippen molar-refractivity contribution in [1.82, 2.24) is 0 Å². The average molecular weight is 899 g/mol.